The second-order valence-corrected chi connectivity index (χ2v) is 5.99. The number of nitrogens with one attached hydrogen (secondary N) is 1. The number of aromatic nitrogens is 1. The molecule has 0 atom stereocenters. The van der Waals surface area contributed by atoms with Crippen LogP contribution in [0.3, 0.4) is 0 Å². The van der Waals surface area contributed by atoms with E-state index < -0.39 is 0 Å². The van der Waals surface area contributed by atoms with Crippen molar-refractivity contribution in [2.24, 2.45) is 7.05 Å². The monoisotopic (exact) mass is 328 g/mol. The van der Waals surface area contributed by atoms with Gasteiger partial charge in [0.05, 0.1) is 0 Å². The predicted octanol–water partition coefficient (Wildman–Crippen LogP) is 2.66. The average Bonchev–Trinajstić information content (AvgIpc) is 2.55. The topological polar surface area (TPSA) is 60.3 Å². The summed E-state index contributed by atoms with van der Waals surface area (Å²) >= 11 is 0. The van der Waals surface area contributed by atoms with Crippen molar-refractivity contribution >= 4 is 5.91 Å². The number of carbonyl (C=O) groups excluding carboxylic acids is 1. The number of rotatable bonds is 6. The average molecular weight is 328 g/mol. The first-order valence-corrected chi connectivity index (χ1v) is 8.14. The van der Waals surface area contributed by atoms with Gasteiger partial charge in [-0.15, -0.1) is 0 Å². The summed E-state index contributed by atoms with van der Waals surface area (Å²) in [4.78, 5) is 25.0. The van der Waals surface area contributed by atoms with Crippen LogP contribution in [0.2, 0.25) is 0 Å². The molecule has 0 bridgehead atoms. The zero-order valence-electron chi connectivity index (χ0n) is 14.6. The maximum Gasteiger partial charge on any atom is 0.272 e. The molecule has 1 N–H and O–H groups in total. The summed E-state index contributed by atoms with van der Waals surface area (Å²) in [6.07, 6.45) is 0.659. The van der Waals surface area contributed by atoms with E-state index in [0.29, 0.717) is 6.42 Å². The highest BCUT2D eigenvalue weighted by atomic mass is 16.5. The van der Waals surface area contributed by atoms with Crippen LogP contribution in [-0.2, 0) is 20.1 Å². The van der Waals surface area contributed by atoms with Crippen molar-refractivity contribution in [2.75, 3.05) is 0 Å². The third kappa shape index (κ3) is 4.04. The number of ether oxygens (including phenoxy) is 1. The second kappa shape index (κ2) is 7.81. The molecule has 5 nitrogen and oxygen atoms in total. The molecule has 1 aromatic carbocycles. The standard InChI is InChI=1S/C19H24N2O3/c1-5-15-11-16(22)18(24-12-14-9-7-6-8-10-14)17(21(15)4)19(23)20-13(2)3/h6-11,13H,5,12H2,1-4H3,(H,20,23). The van der Waals surface area contributed by atoms with E-state index >= 15 is 0 Å². The summed E-state index contributed by atoms with van der Waals surface area (Å²) in [6.45, 7) is 5.95. The lowest BCUT2D eigenvalue weighted by Crippen LogP contribution is -2.34. The summed E-state index contributed by atoms with van der Waals surface area (Å²) in [7, 11) is 1.78. The molecular weight excluding hydrogens is 304 g/mol. The molecule has 0 radical (unpaired) electrons. The van der Waals surface area contributed by atoms with Crippen LogP contribution >= 0.6 is 0 Å². The zero-order chi connectivity index (χ0) is 17.7. The van der Waals surface area contributed by atoms with E-state index in [4.69, 9.17) is 4.74 Å². The Bertz CT molecular complexity index is 764. The van der Waals surface area contributed by atoms with Gasteiger partial charge in [-0.3, -0.25) is 9.59 Å². The van der Waals surface area contributed by atoms with Gasteiger partial charge in [0.2, 0.25) is 5.43 Å². The molecule has 0 saturated carbocycles. The molecule has 128 valence electrons. The van der Waals surface area contributed by atoms with Crippen LogP contribution in [0.15, 0.2) is 41.2 Å². The van der Waals surface area contributed by atoms with E-state index in [-0.39, 0.29) is 35.4 Å². The lowest BCUT2D eigenvalue weighted by molar-refractivity contribution is 0.0927. The van der Waals surface area contributed by atoms with Crippen LogP contribution in [0.5, 0.6) is 5.75 Å². The predicted molar refractivity (Wildman–Crippen MR) is 94.4 cm³/mol. The van der Waals surface area contributed by atoms with E-state index in [1.165, 1.54) is 6.07 Å². The van der Waals surface area contributed by atoms with E-state index in [9.17, 15) is 9.59 Å². The summed E-state index contributed by atoms with van der Waals surface area (Å²) < 4.78 is 7.48. The van der Waals surface area contributed by atoms with Gasteiger partial charge < -0.3 is 14.6 Å². The normalized spacial score (nSPS) is 10.7. The Kier molecular flexibility index (Phi) is 5.79. The highest BCUT2D eigenvalue weighted by molar-refractivity contribution is 5.95. The van der Waals surface area contributed by atoms with E-state index in [0.717, 1.165) is 11.3 Å². The Hall–Kier alpha value is -2.56. The second-order valence-electron chi connectivity index (χ2n) is 5.99. The van der Waals surface area contributed by atoms with Crippen molar-refractivity contribution in [3.63, 3.8) is 0 Å². The van der Waals surface area contributed by atoms with Gasteiger partial charge in [-0.2, -0.15) is 0 Å². The van der Waals surface area contributed by atoms with Gasteiger partial charge in [0, 0.05) is 24.8 Å². The Morgan fingerprint density at radius 2 is 1.92 bits per heavy atom. The Labute approximate surface area is 142 Å². The number of hydrogen-bond acceptors (Lipinski definition) is 3. The largest absolute Gasteiger partial charge is 0.483 e. The van der Waals surface area contributed by atoms with Gasteiger partial charge in [-0.05, 0) is 25.8 Å². The number of benzene rings is 1. The lowest BCUT2D eigenvalue weighted by atomic mass is 10.2. The molecule has 1 heterocycles. The number of hydrogen-bond donors (Lipinski definition) is 1. The fourth-order valence-corrected chi connectivity index (χ4v) is 2.52. The van der Waals surface area contributed by atoms with Crippen LogP contribution in [0.4, 0.5) is 0 Å². The molecule has 2 aromatic rings. The molecule has 24 heavy (non-hydrogen) atoms. The van der Waals surface area contributed by atoms with Crippen molar-refractivity contribution in [3.8, 4) is 5.75 Å². The summed E-state index contributed by atoms with van der Waals surface area (Å²) in [5.74, 6) is -0.209. The SMILES string of the molecule is CCc1cc(=O)c(OCc2ccccc2)c(C(=O)NC(C)C)n1C. The van der Waals surface area contributed by atoms with E-state index in [1.807, 2.05) is 51.1 Å². The number of carbonyl (C=O) groups is 1. The van der Waals surface area contributed by atoms with E-state index in [2.05, 4.69) is 5.32 Å². The maximum atomic E-state index is 12.6. The molecule has 0 unspecified atom stereocenters. The van der Waals surface area contributed by atoms with Gasteiger partial charge in [-0.25, -0.2) is 0 Å². The third-order valence-corrected chi connectivity index (χ3v) is 3.73. The molecule has 0 aliphatic carbocycles. The highest BCUT2D eigenvalue weighted by Gasteiger charge is 2.21. The first-order chi connectivity index (χ1) is 11.4. The summed E-state index contributed by atoms with van der Waals surface area (Å²) in [6, 6.07) is 11.1. The molecule has 5 heteroatoms. The fourth-order valence-electron chi connectivity index (χ4n) is 2.52. The number of nitrogens with zero attached hydrogens (tertiary/aromatic N) is 1. The minimum absolute atomic E-state index is 0.0279. The van der Waals surface area contributed by atoms with Gasteiger partial charge in [0.15, 0.2) is 11.4 Å². The number of pyridine rings is 1. The van der Waals surface area contributed by atoms with Crippen LogP contribution in [0, 0.1) is 0 Å². The first-order valence-electron chi connectivity index (χ1n) is 8.14. The van der Waals surface area contributed by atoms with Crippen LogP contribution < -0.4 is 15.5 Å². The molecule has 1 amide bonds. The van der Waals surface area contributed by atoms with Crippen molar-refractivity contribution in [3.05, 3.63) is 63.6 Å². The highest BCUT2D eigenvalue weighted by Crippen LogP contribution is 2.17. The molecule has 1 aromatic heterocycles. The van der Waals surface area contributed by atoms with Gasteiger partial charge in [0.25, 0.3) is 5.91 Å². The minimum Gasteiger partial charge on any atom is -0.483 e. The minimum atomic E-state index is -0.303. The molecule has 0 spiro atoms. The van der Waals surface area contributed by atoms with Crippen LogP contribution in [-0.4, -0.2) is 16.5 Å². The zero-order valence-corrected chi connectivity index (χ0v) is 14.6. The number of aryl methyl sites for hydroxylation is 1. The Morgan fingerprint density at radius 1 is 1.25 bits per heavy atom. The van der Waals surface area contributed by atoms with Crippen molar-refractivity contribution in [1.82, 2.24) is 9.88 Å². The van der Waals surface area contributed by atoms with Gasteiger partial charge >= 0.3 is 0 Å². The Morgan fingerprint density at radius 3 is 2.50 bits per heavy atom. The maximum absolute atomic E-state index is 12.6. The summed E-state index contributed by atoms with van der Waals surface area (Å²) in [5, 5.41) is 2.84. The van der Waals surface area contributed by atoms with Crippen molar-refractivity contribution < 1.29 is 9.53 Å². The van der Waals surface area contributed by atoms with Gasteiger partial charge in [0.1, 0.15) is 6.61 Å². The molecule has 0 aliphatic heterocycles. The van der Waals surface area contributed by atoms with Crippen molar-refractivity contribution in [2.45, 2.75) is 39.8 Å². The number of amides is 1. The lowest BCUT2D eigenvalue weighted by Gasteiger charge is -2.18. The third-order valence-electron chi connectivity index (χ3n) is 3.73. The molecule has 2 rings (SSSR count). The molecule has 0 aliphatic rings. The molecular formula is C19H24N2O3. The van der Waals surface area contributed by atoms with Crippen LogP contribution in [0.1, 0.15) is 42.5 Å². The smallest absolute Gasteiger partial charge is 0.272 e. The van der Waals surface area contributed by atoms with Crippen molar-refractivity contribution in [1.29, 1.82) is 0 Å². The Balaban J connectivity index is 2.43. The summed E-state index contributed by atoms with van der Waals surface area (Å²) in [5.41, 5.74) is 1.73. The first kappa shape index (κ1) is 17.8. The molecule has 0 saturated heterocycles. The fraction of sp³-hybridized carbons (Fsp3) is 0.368. The molecule has 0 fully saturated rings. The van der Waals surface area contributed by atoms with Gasteiger partial charge in [-0.1, -0.05) is 37.3 Å². The quantitative estimate of drug-likeness (QED) is 0.887. The van der Waals surface area contributed by atoms with Crippen LogP contribution in [0.25, 0.3) is 0 Å². The van der Waals surface area contributed by atoms with E-state index in [1.54, 1.807) is 11.6 Å².